The second-order valence-electron chi connectivity index (χ2n) is 3.44. The van der Waals surface area contributed by atoms with E-state index in [0.29, 0.717) is 11.4 Å². The Morgan fingerprint density at radius 2 is 2.17 bits per heavy atom. The fraction of sp³-hybridized carbons (Fsp3) is 0. The van der Waals surface area contributed by atoms with Gasteiger partial charge < -0.3 is 0 Å². The first kappa shape index (κ1) is 11.7. The highest BCUT2D eigenvalue weighted by Crippen LogP contribution is 2.11. The van der Waals surface area contributed by atoms with Gasteiger partial charge in [0.15, 0.2) is 0 Å². The fourth-order valence-corrected chi connectivity index (χ4v) is 1.32. The lowest BCUT2D eigenvalue weighted by atomic mass is 10.2. The van der Waals surface area contributed by atoms with Crippen LogP contribution in [0, 0.1) is 10.1 Å². The van der Waals surface area contributed by atoms with Crippen molar-refractivity contribution in [3.8, 4) is 0 Å². The largest absolute Gasteiger partial charge is 0.270 e. The van der Waals surface area contributed by atoms with E-state index >= 15 is 0 Å². The average Bonchev–Trinajstić information content (AvgIpc) is 2.40. The van der Waals surface area contributed by atoms with Crippen LogP contribution in [-0.2, 0) is 0 Å². The molecule has 0 atom stereocenters. The maximum Gasteiger partial charge on any atom is 0.270 e. The number of hydrogen-bond acceptors (Lipinski definition) is 5. The first-order valence-electron chi connectivity index (χ1n) is 5.20. The fourth-order valence-electron chi connectivity index (χ4n) is 1.32. The third-order valence-corrected chi connectivity index (χ3v) is 2.14. The van der Waals surface area contributed by atoms with Gasteiger partial charge in [0.2, 0.25) is 0 Å². The molecule has 18 heavy (non-hydrogen) atoms. The highest BCUT2D eigenvalue weighted by Gasteiger charge is 2.03. The number of pyridine rings is 1. The number of nitro benzene ring substituents is 1. The van der Waals surface area contributed by atoms with Gasteiger partial charge in [-0.2, -0.15) is 5.10 Å². The summed E-state index contributed by atoms with van der Waals surface area (Å²) in [5.41, 5.74) is 3.41. The van der Waals surface area contributed by atoms with E-state index in [1.807, 2.05) is 6.07 Å². The summed E-state index contributed by atoms with van der Waals surface area (Å²) in [6.45, 7) is 0. The van der Waals surface area contributed by atoms with Crippen LogP contribution in [0.4, 0.5) is 11.5 Å². The molecule has 0 amide bonds. The van der Waals surface area contributed by atoms with Crippen molar-refractivity contribution < 1.29 is 4.92 Å². The van der Waals surface area contributed by atoms with E-state index in [4.69, 9.17) is 0 Å². The molecular formula is C12H10N4O2. The van der Waals surface area contributed by atoms with Gasteiger partial charge in [0.1, 0.15) is 5.82 Å². The monoisotopic (exact) mass is 242 g/mol. The van der Waals surface area contributed by atoms with Gasteiger partial charge in [-0.3, -0.25) is 15.5 Å². The van der Waals surface area contributed by atoms with E-state index in [-0.39, 0.29) is 5.69 Å². The maximum absolute atomic E-state index is 10.6. The molecule has 1 heterocycles. The lowest BCUT2D eigenvalue weighted by Gasteiger charge is -1.97. The van der Waals surface area contributed by atoms with Gasteiger partial charge in [0, 0.05) is 23.9 Å². The zero-order chi connectivity index (χ0) is 12.8. The Balaban J connectivity index is 2.05. The van der Waals surface area contributed by atoms with Crippen LogP contribution in [0.5, 0.6) is 0 Å². The van der Waals surface area contributed by atoms with E-state index in [1.165, 1.54) is 18.3 Å². The molecule has 0 saturated heterocycles. The van der Waals surface area contributed by atoms with Crippen molar-refractivity contribution in [1.29, 1.82) is 0 Å². The van der Waals surface area contributed by atoms with Gasteiger partial charge in [0.05, 0.1) is 11.1 Å². The summed E-state index contributed by atoms with van der Waals surface area (Å²) >= 11 is 0. The summed E-state index contributed by atoms with van der Waals surface area (Å²) in [6, 6.07) is 11.6. The predicted octanol–water partition coefficient (Wildman–Crippen LogP) is 2.44. The van der Waals surface area contributed by atoms with Gasteiger partial charge >= 0.3 is 0 Å². The summed E-state index contributed by atoms with van der Waals surface area (Å²) in [4.78, 5) is 14.2. The van der Waals surface area contributed by atoms with Crippen LogP contribution in [0.15, 0.2) is 53.8 Å². The molecule has 0 aliphatic carbocycles. The molecule has 1 N–H and O–H groups in total. The molecule has 2 rings (SSSR count). The number of non-ortho nitro benzene ring substituents is 1. The number of nitrogens with zero attached hydrogens (tertiary/aromatic N) is 3. The van der Waals surface area contributed by atoms with E-state index in [9.17, 15) is 10.1 Å². The first-order chi connectivity index (χ1) is 8.75. The average molecular weight is 242 g/mol. The SMILES string of the molecule is O=[N+]([O-])c1cccc(/C=N/Nc2ccccn2)c1. The number of hydrazone groups is 1. The van der Waals surface area contributed by atoms with Crippen LogP contribution in [0.25, 0.3) is 0 Å². The Morgan fingerprint density at radius 1 is 1.28 bits per heavy atom. The summed E-state index contributed by atoms with van der Waals surface area (Å²) in [7, 11) is 0. The normalized spacial score (nSPS) is 10.4. The van der Waals surface area contributed by atoms with Crippen molar-refractivity contribution in [3.05, 3.63) is 64.3 Å². The third-order valence-electron chi connectivity index (χ3n) is 2.14. The van der Waals surface area contributed by atoms with Gasteiger partial charge in [-0.25, -0.2) is 4.98 Å². The van der Waals surface area contributed by atoms with Gasteiger partial charge in [0.25, 0.3) is 5.69 Å². The van der Waals surface area contributed by atoms with Crippen LogP contribution in [-0.4, -0.2) is 16.1 Å². The zero-order valence-corrected chi connectivity index (χ0v) is 9.35. The molecule has 0 aliphatic rings. The van der Waals surface area contributed by atoms with Crippen LogP contribution < -0.4 is 5.43 Å². The Labute approximate surface area is 103 Å². The number of nitro groups is 1. The number of hydrogen-bond donors (Lipinski definition) is 1. The zero-order valence-electron chi connectivity index (χ0n) is 9.35. The molecule has 0 aliphatic heterocycles. The molecule has 0 unspecified atom stereocenters. The Morgan fingerprint density at radius 3 is 2.89 bits per heavy atom. The quantitative estimate of drug-likeness (QED) is 0.507. The molecule has 0 fully saturated rings. The second-order valence-corrected chi connectivity index (χ2v) is 3.44. The van der Waals surface area contributed by atoms with Gasteiger partial charge in [-0.05, 0) is 12.1 Å². The van der Waals surface area contributed by atoms with Crippen molar-refractivity contribution in [2.45, 2.75) is 0 Å². The van der Waals surface area contributed by atoms with E-state index in [0.717, 1.165) is 0 Å². The topological polar surface area (TPSA) is 80.4 Å². The maximum atomic E-state index is 10.6. The van der Waals surface area contributed by atoms with E-state index in [1.54, 1.807) is 30.5 Å². The van der Waals surface area contributed by atoms with Crippen molar-refractivity contribution in [2.75, 3.05) is 5.43 Å². The van der Waals surface area contributed by atoms with E-state index < -0.39 is 4.92 Å². The molecule has 0 radical (unpaired) electrons. The van der Waals surface area contributed by atoms with Crippen LogP contribution in [0.2, 0.25) is 0 Å². The number of nitrogens with one attached hydrogen (secondary N) is 1. The van der Waals surface area contributed by atoms with Crippen molar-refractivity contribution in [1.82, 2.24) is 4.98 Å². The number of aromatic nitrogens is 1. The number of benzene rings is 1. The lowest BCUT2D eigenvalue weighted by molar-refractivity contribution is -0.384. The number of rotatable bonds is 4. The predicted molar refractivity (Wildman–Crippen MR) is 68.6 cm³/mol. The molecule has 2 aromatic rings. The smallest absolute Gasteiger partial charge is 0.261 e. The van der Waals surface area contributed by atoms with Crippen LogP contribution >= 0.6 is 0 Å². The molecule has 1 aromatic carbocycles. The molecular weight excluding hydrogens is 232 g/mol. The first-order valence-corrected chi connectivity index (χ1v) is 5.20. The molecule has 6 nitrogen and oxygen atoms in total. The second kappa shape index (κ2) is 5.53. The van der Waals surface area contributed by atoms with Crippen molar-refractivity contribution in [2.24, 2.45) is 5.10 Å². The standard InChI is InChI=1S/C12H10N4O2/c17-16(18)11-5-3-4-10(8-11)9-14-15-12-6-1-2-7-13-12/h1-9H,(H,13,15)/b14-9+. The summed E-state index contributed by atoms with van der Waals surface area (Å²) in [6.07, 6.45) is 3.15. The van der Waals surface area contributed by atoms with Crippen LogP contribution in [0.3, 0.4) is 0 Å². The Kier molecular flexibility index (Phi) is 3.60. The Bertz CT molecular complexity index is 569. The van der Waals surface area contributed by atoms with E-state index in [2.05, 4.69) is 15.5 Å². The molecule has 0 spiro atoms. The minimum absolute atomic E-state index is 0.0387. The molecule has 1 aromatic heterocycles. The lowest BCUT2D eigenvalue weighted by Crippen LogP contribution is -1.93. The highest BCUT2D eigenvalue weighted by molar-refractivity contribution is 5.81. The minimum Gasteiger partial charge on any atom is -0.261 e. The van der Waals surface area contributed by atoms with Gasteiger partial charge in [-0.15, -0.1) is 0 Å². The molecule has 6 heteroatoms. The molecule has 0 saturated carbocycles. The summed E-state index contributed by atoms with van der Waals surface area (Å²) in [5, 5.41) is 14.5. The number of anilines is 1. The van der Waals surface area contributed by atoms with Gasteiger partial charge in [-0.1, -0.05) is 18.2 Å². The minimum atomic E-state index is -0.441. The van der Waals surface area contributed by atoms with Crippen molar-refractivity contribution in [3.63, 3.8) is 0 Å². The molecule has 0 bridgehead atoms. The highest BCUT2D eigenvalue weighted by atomic mass is 16.6. The Hall–Kier alpha value is -2.76. The summed E-state index contributed by atoms with van der Waals surface area (Å²) < 4.78 is 0. The third kappa shape index (κ3) is 3.11. The van der Waals surface area contributed by atoms with Crippen LogP contribution in [0.1, 0.15) is 5.56 Å². The van der Waals surface area contributed by atoms with Crippen molar-refractivity contribution >= 4 is 17.7 Å². The molecule has 90 valence electrons. The summed E-state index contributed by atoms with van der Waals surface area (Å²) in [5.74, 6) is 0.610.